The molecule has 0 unspecified atom stereocenters. The average molecular weight is 485 g/mol. The van der Waals surface area contributed by atoms with Crippen LogP contribution >= 0.6 is 0 Å². The number of fused-ring (bicyclic) bond motifs is 6. The first-order valence-corrected chi connectivity index (χ1v) is 13.3. The summed E-state index contributed by atoms with van der Waals surface area (Å²) in [7, 11) is 4.41. The summed E-state index contributed by atoms with van der Waals surface area (Å²) in [6.07, 6.45) is 11.2. The van der Waals surface area contributed by atoms with Gasteiger partial charge in [-0.15, -0.1) is 0 Å². The molecule has 2 heterocycles. The van der Waals surface area contributed by atoms with Crippen LogP contribution in [0.2, 0.25) is 0 Å². The van der Waals surface area contributed by atoms with Crippen molar-refractivity contribution in [2.75, 3.05) is 23.9 Å². The molecule has 0 amide bonds. The molecule has 0 bridgehead atoms. The van der Waals surface area contributed by atoms with Gasteiger partial charge in [0.05, 0.1) is 6.04 Å². The van der Waals surface area contributed by atoms with Crippen LogP contribution in [0.25, 0.3) is 21.5 Å². The zero-order chi connectivity index (χ0) is 25.9. The number of likely N-dealkylation sites (N-methyl/N-ethyl adjacent to an activating group) is 2. The van der Waals surface area contributed by atoms with Gasteiger partial charge in [0.15, 0.2) is 0 Å². The van der Waals surface area contributed by atoms with Crippen LogP contribution in [-0.4, -0.2) is 20.1 Å². The van der Waals surface area contributed by atoms with E-state index >= 15 is 0 Å². The third kappa shape index (κ3) is 3.46. The molecule has 4 aromatic carbocycles. The van der Waals surface area contributed by atoms with Gasteiger partial charge in [-0.25, -0.2) is 0 Å². The van der Waals surface area contributed by atoms with Crippen molar-refractivity contribution in [3.05, 3.63) is 120 Å². The second kappa shape index (κ2) is 8.38. The molecule has 2 aliphatic heterocycles. The monoisotopic (exact) mass is 484 g/mol. The lowest BCUT2D eigenvalue weighted by Gasteiger charge is -2.30. The SMILES string of the molecule is CN1/C(=C/C=C/C=C/[C@H]2N(C)c3ccc4ccccc4c3C2(C)C)C(C)(C)c2c1ccc1ccccc21. The van der Waals surface area contributed by atoms with Gasteiger partial charge in [-0.05, 0) is 50.9 Å². The molecule has 4 aromatic rings. The van der Waals surface area contributed by atoms with E-state index in [1.807, 2.05) is 0 Å². The molecule has 0 aromatic heterocycles. The van der Waals surface area contributed by atoms with E-state index < -0.39 is 0 Å². The zero-order valence-electron chi connectivity index (χ0n) is 22.8. The molecular formula is C35H36N2. The number of hydrogen-bond acceptors (Lipinski definition) is 2. The Hall–Kier alpha value is -3.78. The molecule has 6 rings (SSSR count). The Labute approximate surface area is 221 Å². The smallest absolute Gasteiger partial charge is 0.0565 e. The molecule has 37 heavy (non-hydrogen) atoms. The minimum atomic E-state index is -0.0602. The van der Waals surface area contributed by atoms with Gasteiger partial charge in [-0.2, -0.15) is 0 Å². The quantitative estimate of drug-likeness (QED) is 0.269. The van der Waals surface area contributed by atoms with Crippen LogP contribution < -0.4 is 9.80 Å². The number of allylic oxidation sites excluding steroid dienone is 5. The number of benzene rings is 4. The number of rotatable bonds is 3. The first kappa shape index (κ1) is 23.6. The summed E-state index contributed by atoms with van der Waals surface area (Å²) in [6.45, 7) is 9.43. The van der Waals surface area contributed by atoms with Gasteiger partial charge in [0, 0.05) is 42.0 Å². The van der Waals surface area contributed by atoms with E-state index in [0.29, 0.717) is 6.04 Å². The Morgan fingerprint density at radius 1 is 0.649 bits per heavy atom. The average Bonchev–Trinajstić information content (AvgIpc) is 3.21. The summed E-state index contributed by atoms with van der Waals surface area (Å²) in [5, 5.41) is 5.34. The topological polar surface area (TPSA) is 6.48 Å². The van der Waals surface area contributed by atoms with Crippen LogP contribution in [-0.2, 0) is 10.8 Å². The van der Waals surface area contributed by atoms with E-state index in [1.54, 1.807) is 0 Å². The number of nitrogens with zero attached hydrogens (tertiary/aromatic N) is 2. The molecule has 0 spiro atoms. The van der Waals surface area contributed by atoms with Crippen molar-refractivity contribution in [2.45, 2.75) is 44.6 Å². The second-order valence-corrected chi connectivity index (χ2v) is 11.6. The van der Waals surface area contributed by atoms with Gasteiger partial charge in [0.2, 0.25) is 0 Å². The van der Waals surface area contributed by atoms with Gasteiger partial charge in [0.25, 0.3) is 0 Å². The molecule has 186 valence electrons. The predicted molar refractivity (Wildman–Crippen MR) is 161 cm³/mol. The standard InChI is InChI=1S/C35H36N2/c1-34(2)30(36(5)28-22-20-24-14-10-12-16-26(24)32(28)34)18-8-7-9-19-31-35(3,4)33-27-17-13-11-15-25(27)21-23-29(33)37(31)6/h7-23,30H,1-6H3/b9-7+,18-8+,31-19+/t30-/m1/s1. The van der Waals surface area contributed by atoms with E-state index in [2.05, 4.69) is 155 Å². The van der Waals surface area contributed by atoms with Crippen LogP contribution in [0.4, 0.5) is 11.4 Å². The highest BCUT2D eigenvalue weighted by Gasteiger charge is 2.42. The Bertz CT molecular complexity index is 1620. The molecular weight excluding hydrogens is 448 g/mol. The second-order valence-electron chi connectivity index (χ2n) is 11.6. The molecule has 2 heteroatoms. The van der Waals surface area contributed by atoms with Crippen LogP contribution in [0.3, 0.4) is 0 Å². The molecule has 0 N–H and O–H groups in total. The lowest BCUT2D eigenvalue weighted by Crippen LogP contribution is -2.37. The van der Waals surface area contributed by atoms with Crippen molar-refractivity contribution in [1.29, 1.82) is 0 Å². The molecule has 2 nitrogen and oxygen atoms in total. The maximum Gasteiger partial charge on any atom is 0.0565 e. The Morgan fingerprint density at radius 2 is 1.24 bits per heavy atom. The fraction of sp³-hybridized carbons (Fsp3) is 0.257. The van der Waals surface area contributed by atoms with Crippen molar-refractivity contribution in [3.8, 4) is 0 Å². The molecule has 1 atom stereocenters. The minimum absolute atomic E-state index is 0.0180. The van der Waals surface area contributed by atoms with E-state index in [9.17, 15) is 0 Å². The fourth-order valence-electron chi connectivity index (χ4n) is 6.96. The van der Waals surface area contributed by atoms with E-state index in [-0.39, 0.29) is 10.8 Å². The first-order valence-electron chi connectivity index (χ1n) is 13.3. The number of hydrogen-bond donors (Lipinski definition) is 0. The maximum atomic E-state index is 2.43. The highest BCUT2D eigenvalue weighted by molar-refractivity contribution is 5.95. The van der Waals surface area contributed by atoms with Gasteiger partial charge in [-0.3, -0.25) is 0 Å². The van der Waals surface area contributed by atoms with Crippen LogP contribution in [0.15, 0.2) is 109 Å². The van der Waals surface area contributed by atoms with Crippen LogP contribution in [0, 0.1) is 0 Å². The minimum Gasteiger partial charge on any atom is -0.367 e. The predicted octanol–water partition coefficient (Wildman–Crippen LogP) is 8.51. The lowest BCUT2D eigenvalue weighted by atomic mass is 9.78. The van der Waals surface area contributed by atoms with Crippen LogP contribution in [0.5, 0.6) is 0 Å². The van der Waals surface area contributed by atoms with E-state index in [1.165, 1.54) is 49.7 Å². The van der Waals surface area contributed by atoms with E-state index in [0.717, 1.165) is 0 Å². The van der Waals surface area contributed by atoms with Gasteiger partial charge in [-0.1, -0.05) is 113 Å². The molecule has 0 saturated carbocycles. The van der Waals surface area contributed by atoms with Crippen molar-refractivity contribution in [2.24, 2.45) is 0 Å². The molecule has 0 aliphatic carbocycles. The fourth-order valence-corrected chi connectivity index (χ4v) is 6.96. The van der Waals surface area contributed by atoms with E-state index in [4.69, 9.17) is 0 Å². The summed E-state index contributed by atoms with van der Waals surface area (Å²) in [5.74, 6) is 0. The first-order chi connectivity index (χ1) is 17.7. The highest BCUT2D eigenvalue weighted by Crippen LogP contribution is 2.50. The van der Waals surface area contributed by atoms with Crippen LogP contribution in [0.1, 0.15) is 38.8 Å². The maximum absolute atomic E-state index is 2.43. The Kier molecular flexibility index (Phi) is 5.35. The highest BCUT2D eigenvalue weighted by atomic mass is 15.2. The molecule has 2 aliphatic rings. The van der Waals surface area contributed by atoms with Gasteiger partial charge in [0.1, 0.15) is 0 Å². The summed E-state index contributed by atoms with van der Waals surface area (Å²) in [6, 6.07) is 26.8. The third-order valence-corrected chi connectivity index (χ3v) is 8.75. The third-order valence-electron chi connectivity index (χ3n) is 8.75. The Morgan fingerprint density at radius 3 is 1.92 bits per heavy atom. The van der Waals surface area contributed by atoms with Crippen molar-refractivity contribution >= 4 is 32.9 Å². The van der Waals surface area contributed by atoms with Gasteiger partial charge >= 0.3 is 0 Å². The molecule has 0 saturated heterocycles. The largest absolute Gasteiger partial charge is 0.367 e. The summed E-state index contributed by atoms with van der Waals surface area (Å²) < 4.78 is 0. The normalized spacial score (nSPS) is 21.1. The van der Waals surface area contributed by atoms with Crippen molar-refractivity contribution in [3.63, 3.8) is 0 Å². The van der Waals surface area contributed by atoms with Gasteiger partial charge < -0.3 is 9.80 Å². The zero-order valence-corrected chi connectivity index (χ0v) is 22.8. The summed E-state index contributed by atoms with van der Waals surface area (Å²) >= 11 is 0. The van der Waals surface area contributed by atoms with Crippen molar-refractivity contribution in [1.82, 2.24) is 0 Å². The molecule has 0 radical (unpaired) electrons. The Balaban J connectivity index is 1.28. The molecule has 0 fully saturated rings. The summed E-state index contributed by atoms with van der Waals surface area (Å²) in [4.78, 5) is 4.78. The summed E-state index contributed by atoms with van der Waals surface area (Å²) in [5.41, 5.74) is 6.79. The van der Waals surface area contributed by atoms with Crippen molar-refractivity contribution < 1.29 is 0 Å². The number of anilines is 2. The lowest BCUT2D eigenvalue weighted by molar-refractivity contribution is 0.491.